The topological polar surface area (TPSA) is 44.8 Å². The fraction of sp³-hybridized carbons (Fsp3) is 0.933. The van der Waals surface area contributed by atoms with Gasteiger partial charge in [0.05, 0.1) is 13.2 Å². The zero-order valence-electron chi connectivity index (χ0n) is 11.8. The van der Waals surface area contributed by atoms with Crippen LogP contribution in [0.15, 0.2) is 0 Å². The number of rotatable bonds is 4. The number of hydrogen-bond acceptors (Lipinski definition) is 4. The van der Waals surface area contributed by atoms with E-state index < -0.39 is 5.60 Å². The maximum absolute atomic E-state index is 11.7. The van der Waals surface area contributed by atoms with Crippen molar-refractivity contribution in [1.82, 2.24) is 0 Å². The molecule has 3 heterocycles. The molecule has 19 heavy (non-hydrogen) atoms. The lowest BCUT2D eigenvalue weighted by molar-refractivity contribution is -0.228. The van der Waals surface area contributed by atoms with Crippen molar-refractivity contribution >= 4 is 5.78 Å². The Labute approximate surface area is 114 Å². The number of carbonyl (C=O) groups is 1. The maximum Gasteiger partial charge on any atom is 0.161 e. The van der Waals surface area contributed by atoms with E-state index in [4.69, 9.17) is 14.2 Å². The van der Waals surface area contributed by atoms with Crippen molar-refractivity contribution in [2.75, 3.05) is 19.8 Å². The Morgan fingerprint density at radius 3 is 2.58 bits per heavy atom. The van der Waals surface area contributed by atoms with Crippen LogP contribution in [-0.4, -0.2) is 37.5 Å². The van der Waals surface area contributed by atoms with E-state index in [0.717, 1.165) is 45.1 Å². The van der Waals surface area contributed by atoms with Gasteiger partial charge in [-0.15, -0.1) is 0 Å². The van der Waals surface area contributed by atoms with Gasteiger partial charge in [0.25, 0.3) is 0 Å². The molecular weight excluding hydrogens is 244 g/mol. The molecule has 0 radical (unpaired) electrons. The van der Waals surface area contributed by atoms with Gasteiger partial charge in [0.15, 0.2) is 12.1 Å². The monoisotopic (exact) mass is 268 g/mol. The molecule has 4 heteroatoms. The highest BCUT2D eigenvalue weighted by molar-refractivity contribution is 5.85. The van der Waals surface area contributed by atoms with Crippen molar-refractivity contribution in [2.45, 2.75) is 63.8 Å². The predicted octanol–water partition coefficient (Wildman–Crippen LogP) is 2.45. The second kappa shape index (κ2) is 5.15. The molecule has 4 nitrogen and oxygen atoms in total. The molecule has 4 rings (SSSR count). The molecule has 1 saturated carbocycles. The summed E-state index contributed by atoms with van der Waals surface area (Å²) in [7, 11) is 0. The van der Waals surface area contributed by atoms with E-state index in [1.807, 2.05) is 0 Å². The summed E-state index contributed by atoms with van der Waals surface area (Å²) in [5, 5.41) is 0. The van der Waals surface area contributed by atoms with Crippen LogP contribution in [0.5, 0.6) is 0 Å². The Kier molecular flexibility index (Phi) is 3.67. The molecule has 0 N–H and O–H groups in total. The first-order valence-corrected chi connectivity index (χ1v) is 7.53. The lowest BCUT2D eigenvalue weighted by atomic mass is 9.65. The van der Waals surface area contributed by atoms with Gasteiger partial charge in [-0.2, -0.15) is 0 Å². The van der Waals surface area contributed by atoms with Gasteiger partial charge in [-0.1, -0.05) is 0 Å². The van der Waals surface area contributed by atoms with E-state index >= 15 is 0 Å². The third kappa shape index (κ3) is 2.58. The van der Waals surface area contributed by atoms with Crippen LogP contribution < -0.4 is 0 Å². The van der Waals surface area contributed by atoms with E-state index in [1.54, 1.807) is 6.92 Å². The zero-order chi connectivity index (χ0) is 13.3. The Bertz CT molecular complexity index is 322. The number of carbonyl (C=O) groups excluding carboxylic acids is 1. The molecular formula is C15H24O4. The van der Waals surface area contributed by atoms with Gasteiger partial charge in [0.1, 0.15) is 5.60 Å². The van der Waals surface area contributed by atoms with Crippen LogP contribution in [0.1, 0.15) is 51.9 Å². The molecule has 0 aromatic rings. The van der Waals surface area contributed by atoms with Crippen molar-refractivity contribution in [2.24, 2.45) is 5.41 Å². The number of fused-ring (bicyclic) bond motifs is 3. The third-order valence-electron chi connectivity index (χ3n) is 5.13. The third-order valence-corrected chi connectivity index (χ3v) is 5.13. The predicted molar refractivity (Wildman–Crippen MR) is 69.8 cm³/mol. The Morgan fingerprint density at radius 2 is 2.05 bits per heavy atom. The Balaban J connectivity index is 1.54. The van der Waals surface area contributed by atoms with Gasteiger partial charge in [0.2, 0.25) is 0 Å². The van der Waals surface area contributed by atoms with Crippen LogP contribution in [0, 0.1) is 5.41 Å². The first kappa shape index (κ1) is 13.5. The summed E-state index contributed by atoms with van der Waals surface area (Å²) in [6.07, 6.45) is 7.13. The molecule has 1 unspecified atom stereocenters. The average Bonchev–Trinajstić information content (AvgIpc) is 2.48. The second-order valence-corrected chi connectivity index (χ2v) is 6.45. The molecule has 0 aromatic carbocycles. The van der Waals surface area contributed by atoms with E-state index in [9.17, 15) is 4.79 Å². The summed E-state index contributed by atoms with van der Waals surface area (Å²) in [4.78, 5) is 11.7. The van der Waals surface area contributed by atoms with E-state index in [-0.39, 0.29) is 17.5 Å². The number of ketones is 1. The first-order valence-electron chi connectivity index (χ1n) is 7.53. The average molecular weight is 268 g/mol. The summed E-state index contributed by atoms with van der Waals surface area (Å²) in [6.45, 7) is 3.86. The minimum Gasteiger partial charge on any atom is -0.367 e. The minimum atomic E-state index is -0.469. The standard InChI is InChI=1S/C15H24O4/c1-12(16)15-7-5-14(6-8-15,11-19-15)10-18-13-4-2-3-9-17-13/h13H,2-11H2,1H3. The van der Waals surface area contributed by atoms with Crippen LogP contribution in [0.25, 0.3) is 0 Å². The van der Waals surface area contributed by atoms with E-state index in [2.05, 4.69) is 0 Å². The molecule has 3 aliphatic heterocycles. The lowest BCUT2D eigenvalue weighted by Gasteiger charge is -2.52. The van der Waals surface area contributed by atoms with Crippen LogP contribution in [-0.2, 0) is 19.0 Å². The lowest BCUT2D eigenvalue weighted by Crippen LogP contribution is -2.56. The van der Waals surface area contributed by atoms with Gasteiger partial charge in [-0.05, 0) is 51.9 Å². The molecule has 0 amide bonds. The fourth-order valence-electron chi connectivity index (χ4n) is 3.52. The van der Waals surface area contributed by atoms with Crippen molar-refractivity contribution in [1.29, 1.82) is 0 Å². The smallest absolute Gasteiger partial charge is 0.161 e. The Morgan fingerprint density at radius 1 is 1.26 bits per heavy atom. The van der Waals surface area contributed by atoms with Gasteiger partial charge < -0.3 is 14.2 Å². The summed E-state index contributed by atoms with van der Waals surface area (Å²) in [5.41, 5.74) is -0.346. The molecule has 0 spiro atoms. The summed E-state index contributed by atoms with van der Waals surface area (Å²) in [6, 6.07) is 0. The molecule has 0 aromatic heterocycles. The maximum atomic E-state index is 11.7. The van der Waals surface area contributed by atoms with Crippen LogP contribution >= 0.6 is 0 Å². The normalized spacial score (nSPS) is 42.3. The van der Waals surface area contributed by atoms with E-state index in [1.165, 1.54) is 6.42 Å². The van der Waals surface area contributed by atoms with Crippen molar-refractivity contribution < 1.29 is 19.0 Å². The van der Waals surface area contributed by atoms with Crippen LogP contribution in [0.2, 0.25) is 0 Å². The molecule has 3 saturated heterocycles. The van der Waals surface area contributed by atoms with Crippen LogP contribution in [0.4, 0.5) is 0 Å². The van der Waals surface area contributed by atoms with Crippen molar-refractivity contribution in [3.05, 3.63) is 0 Å². The molecule has 4 fully saturated rings. The highest BCUT2D eigenvalue weighted by Gasteiger charge is 2.52. The quantitative estimate of drug-likeness (QED) is 0.785. The fourth-order valence-corrected chi connectivity index (χ4v) is 3.52. The second-order valence-electron chi connectivity index (χ2n) is 6.45. The number of Topliss-reactive ketones (excluding diaryl/α,β-unsaturated/α-hetero) is 1. The summed E-state index contributed by atoms with van der Waals surface area (Å²) >= 11 is 0. The van der Waals surface area contributed by atoms with E-state index in [0.29, 0.717) is 13.2 Å². The van der Waals surface area contributed by atoms with Gasteiger partial charge in [0, 0.05) is 12.0 Å². The highest BCUT2D eigenvalue weighted by Crippen LogP contribution is 2.49. The highest BCUT2D eigenvalue weighted by atomic mass is 16.7. The van der Waals surface area contributed by atoms with Crippen molar-refractivity contribution in [3.63, 3.8) is 0 Å². The van der Waals surface area contributed by atoms with Crippen LogP contribution in [0.3, 0.4) is 0 Å². The molecule has 4 aliphatic rings. The largest absolute Gasteiger partial charge is 0.367 e. The minimum absolute atomic E-state index is 0.0236. The first-order chi connectivity index (χ1) is 9.14. The number of ether oxygens (including phenoxy) is 3. The van der Waals surface area contributed by atoms with Gasteiger partial charge in [-0.3, -0.25) is 4.79 Å². The SMILES string of the molecule is CC(=O)C12CCC(COC3CCCCO3)(CC1)CO2. The molecule has 1 atom stereocenters. The molecule has 2 bridgehead atoms. The van der Waals surface area contributed by atoms with Gasteiger partial charge >= 0.3 is 0 Å². The summed E-state index contributed by atoms with van der Waals surface area (Å²) in [5.74, 6) is 0.192. The summed E-state index contributed by atoms with van der Waals surface area (Å²) < 4.78 is 17.5. The molecule has 1 aliphatic carbocycles. The van der Waals surface area contributed by atoms with Crippen molar-refractivity contribution in [3.8, 4) is 0 Å². The van der Waals surface area contributed by atoms with Gasteiger partial charge in [-0.25, -0.2) is 0 Å². The molecule has 108 valence electrons. The number of hydrogen-bond donors (Lipinski definition) is 0. The Hall–Kier alpha value is -0.450. The zero-order valence-corrected chi connectivity index (χ0v) is 11.8.